The fourth-order valence-corrected chi connectivity index (χ4v) is 3.82. The molecule has 0 aromatic carbocycles. The molecule has 0 saturated carbocycles. The summed E-state index contributed by atoms with van der Waals surface area (Å²) in [6, 6.07) is 0. The second kappa shape index (κ2) is 9.36. The monoisotopic (exact) mass is 349 g/mol. The van der Waals surface area contributed by atoms with Gasteiger partial charge in [-0.25, -0.2) is 4.39 Å². The lowest BCUT2D eigenvalue weighted by molar-refractivity contribution is 0.218. The summed E-state index contributed by atoms with van der Waals surface area (Å²) in [5.74, 6) is 0. The molecule has 0 radical (unpaired) electrons. The fraction of sp³-hybridized carbons (Fsp3) is 1.00. The quantitative estimate of drug-likeness (QED) is 0.270. The summed E-state index contributed by atoms with van der Waals surface area (Å²) in [6.45, 7) is 1.30. The zero-order valence-corrected chi connectivity index (χ0v) is 14.0. The molecule has 0 rings (SSSR count). The molecule has 7 nitrogen and oxygen atoms in total. The van der Waals surface area contributed by atoms with Gasteiger partial charge >= 0.3 is 20.3 Å². The van der Waals surface area contributed by atoms with Gasteiger partial charge in [-0.2, -0.15) is 0 Å². The molecule has 0 heterocycles. The molecule has 0 aliphatic heterocycles. The van der Waals surface area contributed by atoms with Crippen LogP contribution < -0.4 is 5.32 Å². The number of alkyl halides is 1. The molecule has 0 aliphatic rings. The molecule has 128 valence electrons. The Morgan fingerprint density at radius 3 is 1.76 bits per heavy atom. The Balaban J connectivity index is 4.03. The van der Waals surface area contributed by atoms with Gasteiger partial charge in [-0.3, -0.25) is 9.13 Å². The van der Waals surface area contributed by atoms with E-state index < -0.39 is 26.9 Å². The molecule has 5 N–H and O–H groups in total. The second-order valence-electron chi connectivity index (χ2n) is 5.11. The van der Waals surface area contributed by atoms with Crippen LogP contribution in [0.25, 0.3) is 0 Å². The van der Waals surface area contributed by atoms with Gasteiger partial charge in [0.2, 0.25) is 0 Å². The van der Waals surface area contributed by atoms with Crippen molar-refractivity contribution in [2.45, 2.75) is 57.0 Å². The minimum absolute atomic E-state index is 0.249. The van der Waals surface area contributed by atoms with E-state index in [1.54, 1.807) is 0 Å². The highest BCUT2D eigenvalue weighted by Crippen LogP contribution is 2.69. The first-order chi connectivity index (χ1) is 9.56. The minimum atomic E-state index is -5.58. The molecule has 0 aromatic rings. The van der Waals surface area contributed by atoms with Crippen molar-refractivity contribution in [3.8, 4) is 0 Å². The van der Waals surface area contributed by atoms with E-state index in [1.807, 2.05) is 0 Å². The average molecular weight is 349 g/mol. The van der Waals surface area contributed by atoms with Crippen LogP contribution in [-0.2, 0) is 9.13 Å². The Kier molecular flexibility index (Phi) is 9.44. The summed E-state index contributed by atoms with van der Waals surface area (Å²) >= 11 is 0. The summed E-state index contributed by atoms with van der Waals surface area (Å²) in [4.78, 5) is 35.2. The lowest BCUT2D eigenvalue weighted by Crippen LogP contribution is -2.36. The molecule has 21 heavy (non-hydrogen) atoms. The highest BCUT2D eigenvalue weighted by molar-refractivity contribution is 7.72. The van der Waals surface area contributed by atoms with Gasteiger partial charge in [0.15, 0.2) is 0 Å². The van der Waals surface area contributed by atoms with E-state index in [2.05, 4.69) is 12.2 Å². The number of unbranched alkanes of at least 4 members (excludes halogenated alkanes) is 6. The molecule has 0 bridgehead atoms. The topological polar surface area (TPSA) is 127 Å². The number of hydrogen-bond acceptors (Lipinski definition) is 3. The maximum atomic E-state index is 13.9. The minimum Gasteiger partial charge on any atom is -0.322 e. The van der Waals surface area contributed by atoms with Crippen LogP contribution in [0.4, 0.5) is 4.39 Å². The van der Waals surface area contributed by atoms with Gasteiger partial charge in [0.25, 0.3) is 0 Å². The molecule has 0 aliphatic carbocycles. The van der Waals surface area contributed by atoms with Crippen molar-refractivity contribution in [3.05, 3.63) is 0 Å². The van der Waals surface area contributed by atoms with E-state index in [9.17, 15) is 13.5 Å². The standard InChI is InChI=1S/C11H26FNO6P2/c1-2-3-4-5-6-7-8-9-13-10-11(12,20(14,15)16)21(17,18)19/h13H,2-10H2,1H3,(H2,14,15,16)(H2,17,18,19). The zero-order valence-electron chi connectivity index (χ0n) is 12.2. The van der Waals surface area contributed by atoms with Gasteiger partial charge in [0.05, 0.1) is 6.54 Å². The Bertz CT molecular complexity index is 361. The SMILES string of the molecule is CCCCCCCCCNCC(F)(P(=O)(O)O)P(=O)(O)O. The number of hydrogen-bond donors (Lipinski definition) is 5. The average Bonchev–Trinajstić information content (AvgIpc) is 2.33. The molecule has 0 unspecified atom stereocenters. The van der Waals surface area contributed by atoms with Gasteiger partial charge in [0, 0.05) is 0 Å². The Hall–Kier alpha value is 0.190. The van der Waals surface area contributed by atoms with E-state index in [0.717, 1.165) is 32.1 Å². The number of halogens is 1. The summed E-state index contributed by atoms with van der Waals surface area (Å²) in [5, 5.41) is -1.48. The van der Waals surface area contributed by atoms with Crippen molar-refractivity contribution in [1.29, 1.82) is 0 Å². The van der Waals surface area contributed by atoms with Crippen LogP contribution >= 0.6 is 15.2 Å². The van der Waals surface area contributed by atoms with Crippen LogP contribution in [0.15, 0.2) is 0 Å². The van der Waals surface area contributed by atoms with Gasteiger partial charge in [0.1, 0.15) is 0 Å². The highest BCUT2D eigenvalue weighted by Gasteiger charge is 2.61. The van der Waals surface area contributed by atoms with Crippen LogP contribution in [0.1, 0.15) is 51.9 Å². The number of rotatable bonds is 12. The number of nitrogens with one attached hydrogen (secondary N) is 1. The molecule has 0 saturated heterocycles. The van der Waals surface area contributed by atoms with Crippen LogP contribution in [0, 0.1) is 0 Å². The van der Waals surface area contributed by atoms with Crippen LogP contribution in [-0.4, -0.2) is 37.8 Å². The third kappa shape index (κ3) is 7.33. The summed E-state index contributed by atoms with van der Waals surface area (Å²) < 4.78 is 35.8. The van der Waals surface area contributed by atoms with Gasteiger partial charge in [-0.05, 0) is 13.0 Å². The Labute approximate surface area is 124 Å². The van der Waals surface area contributed by atoms with Crippen molar-refractivity contribution in [2.24, 2.45) is 0 Å². The normalized spacial score (nSPS) is 13.6. The lowest BCUT2D eigenvalue weighted by Gasteiger charge is -2.26. The molecule has 0 atom stereocenters. The third-order valence-corrected chi connectivity index (χ3v) is 6.86. The maximum Gasteiger partial charge on any atom is 0.376 e. The highest BCUT2D eigenvalue weighted by atomic mass is 31.2. The smallest absolute Gasteiger partial charge is 0.322 e. The van der Waals surface area contributed by atoms with Crippen molar-refractivity contribution >= 4 is 15.2 Å². The lowest BCUT2D eigenvalue weighted by atomic mass is 10.1. The fourth-order valence-electron chi connectivity index (χ4n) is 1.83. The van der Waals surface area contributed by atoms with E-state index in [1.165, 1.54) is 6.42 Å². The van der Waals surface area contributed by atoms with Crippen LogP contribution in [0.2, 0.25) is 0 Å². The molecule has 0 aromatic heterocycles. The van der Waals surface area contributed by atoms with E-state index >= 15 is 0 Å². The van der Waals surface area contributed by atoms with Gasteiger partial charge < -0.3 is 24.9 Å². The second-order valence-corrected chi connectivity index (χ2v) is 9.05. The Morgan fingerprint density at radius 1 is 0.905 bits per heavy atom. The molecule has 0 spiro atoms. The van der Waals surface area contributed by atoms with Crippen molar-refractivity contribution in [2.75, 3.05) is 13.1 Å². The van der Waals surface area contributed by atoms with Crippen molar-refractivity contribution in [1.82, 2.24) is 5.32 Å². The summed E-state index contributed by atoms with van der Waals surface area (Å²) in [6.07, 6.45) is 7.16. The largest absolute Gasteiger partial charge is 0.376 e. The van der Waals surface area contributed by atoms with Gasteiger partial charge in [-0.15, -0.1) is 0 Å². The third-order valence-electron chi connectivity index (χ3n) is 3.20. The maximum absolute atomic E-state index is 13.9. The van der Waals surface area contributed by atoms with E-state index in [-0.39, 0.29) is 6.54 Å². The van der Waals surface area contributed by atoms with E-state index in [4.69, 9.17) is 19.6 Å². The molecular formula is C11H26FNO6P2. The van der Waals surface area contributed by atoms with Crippen LogP contribution in [0.3, 0.4) is 0 Å². The Morgan fingerprint density at radius 2 is 1.33 bits per heavy atom. The predicted molar refractivity (Wildman–Crippen MR) is 78.8 cm³/mol. The molecule has 0 amide bonds. The van der Waals surface area contributed by atoms with Crippen molar-refractivity contribution < 1.29 is 33.1 Å². The molecular weight excluding hydrogens is 323 g/mol. The first-order valence-corrected chi connectivity index (χ1v) is 10.3. The first kappa shape index (κ1) is 21.2. The molecule has 0 fully saturated rings. The predicted octanol–water partition coefficient (Wildman–Crippen LogP) is 2.31. The van der Waals surface area contributed by atoms with Gasteiger partial charge in [-0.1, -0.05) is 45.4 Å². The summed E-state index contributed by atoms with van der Waals surface area (Å²) in [7, 11) is -11.2. The summed E-state index contributed by atoms with van der Waals surface area (Å²) in [5.41, 5.74) is 0. The zero-order chi connectivity index (χ0) is 16.6. The first-order valence-electron chi connectivity index (χ1n) is 7.07. The van der Waals surface area contributed by atoms with Crippen LogP contribution in [0.5, 0.6) is 0 Å². The van der Waals surface area contributed by atoms with Crippen molar-refractivity contribution in [3.63, 3.8) is 0 Å². The van der Waals surface area contributed by atoms with E-state index in [0.29, 0.717) is 6.42 Å². The molecule has 10 heteroatoms.